The van der Waals surface area contributed by atoms with Crippen LogP contribution in [0.5, 0.6) is 0 Å². The molecule has 0 atom stereocenters. The number of aryl methyl sites for hydroxylation is 1. The molecule has 20 heavy (non-hydrogen) atoms. The zero-order chi connectivity index (χ0) is 16.3. The quantitative estimate of drug-likeness (QED) is 0.571. The van der Waals surface area contributed by atoms with Gasteiger partial charge in [0.15, 0.2) is 0 Å². The first-order chi connectivity index (χ1) is 8.50. The molecule has 0 fully saturated rings. The van der Waals surface area contributed by atoms with Gasteiger partial charge < -0.3 is 0 Å². The molecule has 1 rings (SSSR count). The third-order valence-electron chi connectivity index (χ3n) is 1.57. The van der Waals surface area contributed by atoms with Crippen LogP contribution in [0.2, 0.25) is 0 Å². The van der Waals surface area contributed by atoms with Gasteiger partial charge in [-0.3, -0.25) is 4.68 Å². The van der Waals surface area contributed by atoms with E-state index in [0.29, 0.717) is 5.41 Å². The maximum atomic E-state index is 4.10. The van der Waals surface area contributed by atoms with Crippen molar-refractivity contribution in [2.24, 2.45) is 12.5 Å². The normalized spacial score (nSPS) is 9.60. The summed E-state index contributed by atoms with van der Waals surface area (Å²) >= 11 is 0. The van der Waals surface area contributed by atoms with Crippen molar-refractivity contribution in [3.8, 4) is 0 Å². The van der Waals surface area contributed by atoms with Gasteiger partial charge in [0.2, 0.25) is 0 Å². The van der Waals surface area contributed by atoms with Gasteiger partial charge in [0.05, 0.1) is 6.20 Å². The predicted molar refractivity (Wildman–Crippen MR) is 89.7 cm³/mol. The van der Waals surface area contributed by atoms with E-state index in [1.807, 2.05) is 45.6 Å². The predicted octanol–water partition coefficient (Wildman–Crippen LogP) is 5.82. The standard InChI is InChI=1S/C8H14N2.C5H12.2C2H6.Y/c1-8(2,3)7-5-9-10(4)6-7;1-5(2,3)4;2*1-2;/h5-6H,1-4H3;1-4H3;2*1-2H3;. The van der Waals surface area contributed by atoms with E-state index >= 15 is 0 Å². The minimum absolute atomic E-state index is 0. The van der Waals surface area contributed by atoms with Gasteiger partial charge in [0.25, 0.3) is 0 Å². The number of aromatic nitrogens is 2. The molecule has 0 aliphatic rings. The zero-order valence-corrected chi connectivity index (χ0v) is 19.0. The van der Waals surface area contributed by atoms with Gasteiger partial charge in [0.1, 0.15) is 0 Å². The van der Waals surface area contributed by atoms with Gasteiger partial charge in [-0.1, -0.05) is 76.2 Å². The van der Waals surface area contributed by atoms with E-state index in [-0.39, 0.29) is 38.1 Å². The maximum absolute atomic E-state index is 4.10. The van der Waals surface area contributed by atoms with E-state index < -0.39 is 0 Å². The third kappa shape index (κ3) is 23.4. The molecular formula is C17H38N2Y. The Kier molecular flexibility index (Phi) is 20.3. The molecule has 0 bridgehead atoms. The number of rotatable bonds is 0. The summed E-state index contributed by atoms with van der Waals surface area (Å²) in [5, 5.41) is 4.10. The van der Waals surface area contributed by atoms with Crippen LogP contribution < -0.4 is 0 Å². The van der Waals surface area contributed by atoms with Crippen LogP contribution in [-0.2, 0) is 45.2 Å². The summed E-state index contributed by atoms with van der Waals surface area (Å²) in [5.74, 6) is 0. The molecule has 0 N–H and O–H groups in total. The Morgan fingerprint density at radius 2 is 1.15 bits per heavy atom. The largest absolute Gasteiger partial charge is 0.276 e. The Labute approximate surface area is 154 Å². The van der Waals surface area contributed by atoms with Crippen molar-refractivity contribution in [3.63, 3.8) is 0 Å². The molecule has 1 aromatic heterocycles. The van der Waals surface area contributed by atoms with Crippen molar-refractivity contribution in [1.29, 1.82) is 0 Å². The van der Waals surface area contributed by atoms with Crippen molar-refractivity contribution in [3.05, 3.63) is 18.0 Å². The monoisotopic (exact) mass is 359 g/mol. The molecule has 1 heterocycles. The SMILES string of the molecule is CC.CC.CC(C)(C)C.Cn1cc(C(C)(C)C)cn1.[Y]. The molecule has 0 saturated heterocycles. The third-order valence-corrected chi connectivity index (χ3v) is 1.57. The van der Waals surface area contributed by atoms with Gasteiger partial charge in [-0.2, -0.15) is 5.10 Å². The Morgan fingerprint density at radius 1 is 0.850 bits per heavy atom. The molecule has 0 aliphatic carbocycles. The van der Waals surface area contributed by atoms with Crippen LogP contribution in [0.25, 0.3) is 0 Å². The van der Waals surface area contributed by atoms with Crippen molar-refractivity contribution in [2.45, 2.75) is 81.6 Å². The summed E-state index contributed by atoms with van der Waals surface area (Å²) in [5.41, 5.74) is 2.02. The first-order valence-corrected chi connectivity index (χ1v) is 7.49. The van der Waals surface area contributed by atoms with Crippen molar-refractivity contribution < 1.29 is 32.7 Å². The summed E-state index contributed by atoms with van der Waals surface area (Å²) in [6, 6.07) is 0. The Morgan fingerprint density at radius 3 is 1.25 bits per heavy atom. The second-order valence-electron chi connectivity index (χ2n) is 6.65. The molecule has 0 amide bonds. The van der Waals surface area contributed by atoms with Crippen molar-refractivity contribution >= 4 is 0 Å². The van der Waals surface area contributed by atoms with Crippen LogP contribution in [0.4, 0.5) is 0 Å². The van der Waals surface area contributed by atoms with Crippen molar-refractivity contribution in [2.75, 3.05) is 0 Å². The summed E-state index contributed by atoms with van der Waals surface area (Å²) in [4.78, 5) is 0. The number of hydrogen-bond donors (Lipinski definition) is 0. The van der Waals surface area contributed by atoms with Gasteiger partial charge in [-0.05, 0) is 16.4 Å². The fraction of sp³-hybridized carbons (Fsp3) is 0.824. The topological polar surface area (TPSA) is 17.8 Å². The van der Waals surface area contributed by atoms with Gasteiger partial charge >= 0.3 is 0 Å². The number of hydrogen-bond acceptors (Lipinski definition) is 1. The molecule has 3 heteroatoms. The maximum Gasteiger partial charge on any atom is 0.0526 e. The smallest absolute Gasteiger partial charge is 0.0526 e. The molecule has 0 aromatic carbocycles. The molecule has 0 aliphatic heterocycles. The molecule has 0 saturated carbocycles. The minimum atomic E-state index is 0. The van der Waals surface area contributed by atoms with Crippen LogP contribution in [0.3, 0.4) is 0 Å². The summed E-state index contributed by atoms with van der Waals surface area (Å²) in [7, 11) is 1.94. The van der Waals surface area contributed by atoms with Gasteiger partial charge in [-0.25, -0.2) is 0 Å². The fourth-order valence-corrected chi connectivity index (χ4v) is 0.809. The van der Waals surface area contributed by atoms with E-state index in [0.717, 1.165) is 0 Å². The van der Waals surface area contributed by atoms with Crippen LogP contribution in [0, 0.1) is 5.41 Å². The van der Waals surface area contributed by atoms with Crippen LogP contribution in [0.15, 0.2) is 12.4 Å². The zero-order valence-electron chi connectivity index (χ0n) is 16.1. The molecule has 1 radical (unpaired) electrons. The van der Waals surface area contributed by atoms with E-state index in [1.165, 1.54) is 5.56 Å². The summed E-state index contributed by atoms with van der Waals surface area (Å²) < 4.78 is 1.83. The summed E-state index contributed by atoms with van der Waals surface area (Å²) in [6.45, 7) is 23.3. The van der Waals surface area contributed by atoms with E-state index in [1.54, 1.807) is 0 Å². The average Bonchev–Trinajstić information content (AvgIpc) is 2.68. The van der Waals surface area contributed by atoms with E-state index in [4.69, 9.17) is 0 Å². The first kappa shape index (κ1) is 28.5. The van der Waals surface area contributed by atoms with E-state index in [2.05, 4.69) is 59.8 Å². The molecule has 119 valence electrons. The van der Waals surface area contributed by atoms with Gasteiger partial charge in [-0.15, -0.1) is 0 Å². The minimum Gasteiger partial charge on any atom is -0.276 e. The second kappa shape index (κ2) is 14.3. The molecular weight excluding hydrogens is 321 g/mol. The average molecular weight is 359 g/mol. The van der Waals surface area contributed by atoms with Crippen molar-refractivity contribution in [1.82, 2.24) is 9.78 Å². The Balaban J connectivity index is -0.000000110. The number of nitrogens with zero attached hydrogens (tertiary/aromatic N) is 2. The summed E-state index contributed by atoms with van der Waals surface area (Å²) in [6.07, 6.45) is 3.97. The first-order valence-electron chi connectivity index (χ1n) is 7.49. The molecule has 1 aromatic rings. The Bertz CT molecular complexity index is 285. The van der Waals surface area contributed by atoms with Gasteiger partial charge in [0, 0.05) is 46.0 Å². The molecule has 0 unspecified atom stereocenters. The van der Waals surface area contributed by atoms with Crippen LogP contribution >= 0.6 is 0 Å². The fourth-order valence-electron chi connectivity index (χ4n) is 0.809. The Hall–Kier alpha value is 0.314. The molecule has 2 nitrogen and oxygen atoms in total. The molecule has 0 spiro atoms. The van der Waals surface area contributed by atoms with Crippen LogP contribution in [-0.4, -0.2) is 9.78 Å². The van der Waals surface area contributed by atoms with E-state index in [9.17, 15) is 0 Å². The van der Waals surface area contributed by atoms with Crippen LogP contribution in [0.1, 0.15) is 81.7 Å². The second-order valence-corrected chi connectivity index (χ2v) is 6.65.